The number of H-pyrrole nitrogens is 1. The summed E-state index contributed by atoms with van der Waals surface area (Å²) in [7, 11) is 0. The standard InChI is InChI=1S/C24H25N3O4/c28-22(10-6-9-21-26-18-8-3-2-7-17(18)23(29)27-21)25-16-11-12-19-20(15-16)31-24(30-19)13-4-1-5-14-24/h2-3,7-8,11-12,15H,1,4-6,9-10,13-14H2,(H,25,28)(H,26,27,29). The van der Waals surface area contributed by atoms with Gasteiger partial charge in [-0.1, -0.05) is 18.6 Å². The van der Waals surface area contributed by atoms with Gasteiger partial charge in [0.2, 0.25) is 5.91 Å². The predicted octanol–water partition coefficient (Wildman–Crippen LogP) is 4.32. The molecular weight excluding hydrogens is 394 g/mol. The van der Waals surface area contributed by atoms with E-state index < -0.39 is 5.79 Å². The molecule has 1 aliphatic heterocycles. The maximum absolute atomic E-state index is 12.4. The fourth-order valence-corrected chi connectivity index (χ4v) is 4.36. The predicted molar refractivity (Wildman–Crippen MR) is 117 cm³/mol. The van der Waals surface area contributed by atoms with Crippen molar-refractivity contribution in [1.82, 2.24) is 9.97 Å². The number of para-hydroxylation sites is 1. The smallest absolute Gasteiger partial charge is 0.258 e. The maximum atomic E-state index is 12.4. The molecule has 2 heterocycles. The molecule has 2 N–H and O–H groups in total. The molecule has 1 amide bonds. The molecular formula is C24H25N3O4. The number of fused-ring (bicyclic) bond motifs is 2. The van der Waals surface area contributed by atoms with E-state index in [4.69, 9.17) is 9.47 Å². The molecule has 2 aliphatic rings. The quantitative estimate of drug-likeness (QED) is 0.643. The molecule has 0 saturated heterocycles. The molecule has 31 heavy (non-hydrogen) atoms. The van der Waals surface area contributed by atoms with Crippen molar-refractivity contribution >= 4 is 22.5 Å². The first kappa shape index (κ1) is 19.6. The SMILES string of the molecule is O=C(CCCc1nc2ccccc2c(=O)[nH]1)Nc1ccc2c(c1)OC1(CCCCC1)O2. The van der Waals surface area contributed by atoms with Gasteiger partial charge in [-0.05, 0) is 43.5 Å². The number of aryl methyl sites for hydroxylation is 1. The second-order valence-corrected chi connectivity index (χ2v) is 8.27. The Morgan fingerprint density at radius 2 is 1.87 bits per heavy atom. The van der Waals surface area contributed by atoms with Gasteiger partial charge in [0.25, 0.3) is 11.3 Å². The van der Waals surface area contributed by atoms with E-state index in [-0.39, 0.29) is 11.5 Å². The Balaban J connectivity index is 1.17. The highest BCUT2D eigenvalue weighted by atomic mass is 16.7. The van der Waals surface area contributed by atoms with Crippen LogP contribution < -0.4 is 20.3 Å². The van der Waals surface area contributed by atoms with Gasteiger partial charge in [0, 0.05) is 37.4 Å². The van der Waals surface area contributed by atoms with Crippen molar-refractivity contribution in [3.63, 3.8) is 0 Å². The highest BCUT2D eigenvalue weighted by Gasteiger charge is 2.42. The van der Waals surface area contributed by atoms with Gasteiger partial charge in [-0.2, -0.15) is 0 Å². The zero-order chi connectivity index (χ0) is 21.3. The molecule has 1 saturated carbocycles. The van der Waals surface area contributed by atoms with E-state index in [1.165, 1.54) is 6.42 Å². The number of hydrogen-bond donors (Lipinski definition) is 2. The summed E-state index contributed by atoms with van der Waals surface area (Å²) in [5.74, 6) is 1.42. The van der Waals surface area contributed by atoms with Crippen molar-refractivity contribution in [2.75, 3.05) is 5.32 Å². The molecule has 0 bridgehead atoms. The lowest BCUT2D eigenvalue weighted by atomic mass is 9.94. The van der Waals surface area contributed by atoms with Crippen LogP contribution in [0.25, 0.3) is 10.9 Å². The van der Waals surface area contributed by atoms with Gasteiger partial charge in [-0.25, -0.2) is 4.98 Å². The molecule has 1 aromatic heterocycles. The Kier molecular flexibility index (Phi) is 5.10. The average molecular weight is 419 g/mol. The van der Waals surface area contributed by atoms with Crippen LogP contribution in [0.3, 0.4) is 0 Å². The van der Waals surface area contributed by atoms with E-state index in [2.05, 4.69) is 15.3 Å². The summed E-state index contributed by atoms with van der Waals surface area (Å²) in [6.45, 7) is 0. The number of amides is 1. The first-order valence-corrected chi connectivity index (χ1v) is 10.9. The minimum atomic E-state index is -0.521. The number of carbonyl (C=O) groups is 1. The molecule has 1 fully saturated rings. The number of carbonyl (C=O) groups excluding carboxylic acids is 1. The molecule has 7 nitrogen and oxygen atoms in total. The van der Waals surface area contributed by atoms with E-state index in [1.807, 2.05) is 36.4 Å². The molecule has 7 heteroatoms. The minimum Gasteiger partial charge on any atom is -0.448 e. The fraction of sp³-hybridized carbons (Fsp3) is 0.375. The number of benzene rings is 2. The molecule has 3 aromatic rings. The van der Waals surface area contributed by atoms with Crippen LogP contribution in [0.15, 0.2) is 47.3 Å². The number of anilines is 1. The van der Waals surface area contributed by atoms with Crippen LogP contribution in [0.1, 0.15) is 50.8 Å². The van der Waals surface area contributed by atoms with Gasteiger partial charge in [-0.3, -0.25) is 9.59 Å². The summed E-state index contributed by atoms with van der Waals surface area (Å²) < 4.78 is 12.2. The van der Waals surface area contributed by atoms with Crippen LogP contribution in [0.4, 0.5) is 5.69 Å². The van der Waals surface area contributed by atoms with Gasteiger partial charge in [0.05, 0.1) is 10.9 Å². The zero-order valence-electron chi connectivity index (χ0n) is 17.3. The Labute approximate surface area is 179 Å². The minimum absolute atomic E-state index is 0.0885. The summed E-state index contributed by atoms with van der Waals surface area (Å²) in [4.78, 5) is 31.8. The monoisotopic (exact) mass is 419 g/mol. The van der Waals surface area contributed by atoms with Crippen molar-refractivity contribution in [2.45, 2.75) is 57.2 Å². The summed E-state index contributed by atoms with van der Waals surface area (Å²) in [6.07, 6.45) is 6.66. The number of aromatic nitrogens is 2. The van der Waals surface area contributed by atoms with Crippen LogP contribution in [0.2, 0.25) is 0 Å². The third-order valence-corrected chi connectivity index (χ3v) is 5.91. The summed E-state index contributed by atoms with van der Waals surface area (Å²) in [5, 5.41) is 3.49. The summed E-state index contributed by atoms with van der Waals surface area (Å²) in [5.41, 5.74) is 1.21. The second kappa shape index (κ2) is 8.06. The number of rotatable bonds is 5. The van der Waals surface area contributed by atoms with Crippen molar-refractivity contribution < 1.29 is 14.3 Å². The molecule has 1 aliphatic carbocycles. The Morgan fingerprint density at radius 1 is 1.06 bits per heavy atom. The van der Waals surface area contributed by atoms with Gasteiger partial charge in [0.1, 0.15) is 5.82 Å². The van der Waals surface area contributed by atoms with Crippen molar-refractivity contribution in [3.8, 4) is 11.5 Å². The molecule has 0 unspecified atom stereocenters. The largest absolute Gasteiger partial charge is 0.448 e. The van der Waals surface area contributed by atoms with Crippen LogP contribution in [0.5, 0.6) is 11.5 Å². The Hall–Kier alpha value is -3.35. The highest BCUT2D eigenvalue weighted by molar-refractivity contribution is 5.91. The summed E-state index contributed by atoms with van der Waals surface area (Å²) in [6, 6.07) is 12.8. The number of aromatic amines is 1. The Bertz CT molecular complexity index is 1180. The van der Waals surface area contributed by atoms with E-state index in [0.29, 0.717) is 47.4 Å². The number of nitrogens with zero attached hydrogens (tertiary/aromatic N) is 1. The van der Waals surface area contributed by atoms with Gasteiger partial charge < -0.3 is 19.8 Å². The number of nitrogens with one attached hydrogen (secondary N) is 2. The lowest BCUT2D eigenvalue weighted by Crippen LogP contribution is -2.40. The fourth-order valence-electron chi connectivity index (χ4n) is 4.36. The van der Waals surface area contributed by atoms with Gasteiger partial charge in [-0.15, -0.1) is 0 Å². The molecule has 0 radical (unpaired) electrons. The van der Waals surface area contributed by atoms with Crippen LogP contribution >= 0.6 is 0 Å². The van der Waals surface area contributed by atoms with E-state index in [0.717, 1.165) is 31.4 Å². The average Bonchev–Trinajstić information content (AvgIpc) is 3.10. The van der Waals surface area contributed by atoms with Gasteiger partial charge >= 0.3 is 0 Å². The van der Waals surface area contributed by atoms with Crippen molar-refractivity contribution in [2.24, 2.45) is 0 Å². The van der Waals surface area contributed by atoms with E-state index in [1.54, 1.807) is 6.07 Å². The number of hydrogen-bond acceptors (Lipinski definition) is 5. The number of ether oxygens (including phenoxy) is 2. The lowest BCUT2D eigenvalue weighted by Gasteiger charge is -2.31. The molecule has 5 rings (SSSR count). The molecule has 2 aromatic carbocycles. The topological polar surface area (TPSA) is 93.3 Å². The summed E-state index contributed by atoms with van der Waals surface area (Å²) >= 11 is 0. The van der Waals surface area contributed by atoms with Gasteiger partial charge in [0.15, 0.2) is 11.5 Å². The highest BCUT2D eigenvalue weighted by Crippen LogP contribution is 2.46. The van der Waals surface area contributed by atoms with Crippen molar-refractivity contribution in [3.05, 3.63) is 58.6 Å². The first-order valence-electron chi connectivity index (χ1n) is 10.9. The molecule has 1 spiro atoms. The zero-order valence-corrected chi connectivity index (χ0v) is 17.3. The Morgan fingerprint density at radius 3 is 2.74 bits per heavy atom. The van der Waals surface area contributed by atoms with E-state index >= 15 is 0 Å². The third kappa shape index (κ3) is 4.13. The molecule has 160 valence electrons. The van der Waals surface area contributed by atoms with Crippen molar-refractivity contribution in [1.29, 1.82) is 0 Å². The third-order valence-electron chi connectivity index (χ3n) is 5.91. The van der Waals surface area contributed by atoms with E-state index in [9.17, 15) is 9.59 Å². The van der Waals surface area contributed by atoms with Crippen LogP contribution in [-0.2, 0) is 11.2 Å². The first-order chi connectivity index (χ1) is 15.1. The normalized spacial score (nSPS) is 16.5. The maximum Gasteiger partial charge on any atom is 0.258 e. The molecule has 0 atom stereocenters. The van der Waals surface area contributed by atoms with Crippen LogP contribution in [0, 0.1) is 0 Å². The second-order valence-electron chi connectivity index (χ2n) is 8.27. The lowest BCUT2D eigenvalue weighted by molar-refractivity contribution is -0.116. The van der Waals surface area contributed by atoms with Crippen LogP contribution in [-0.4, -0.2) is 21.7 Å².